The summed E-state index contributed by atoms with van der Waals surface area (Å²) < 4.78 is 4.89. The van der Waals surface area contributed by atoms with Gasteiger partial charge in [-0.2, -0.15) is 0 Å². The van der Waals surface area contributed by atoms with Crippen LogP contribution in [0, 0.1) is 19.8 Å². The van der Waals surface area contributed by atoms with Gasteiger partial charge in [0.15, 0.2) is 5.69 Å². The molecule has 0 saturated carbocycles. The first-order chi connectivity index (χ1) is 8.38. The maximum Gasteiger partial charge on any atom is 0.326 e. The Bertz CT molecular complexity index is 453. The number of rotatable bonds is 5. The van der Waals surface area contributed by atoms with E-state index in [4.69, 9.17) is 9.63 Å². The zero-order chi connectivity index (χ0) is 13.9. The number of carboxylic acid groups (broad SMARTS) is 1. The molecule has 0 saturated heterocycles. The molecule has 1 heterocycles. The van der Waals surface area contributed by atoms with Crippen LogP contribution in [0.1, 0.15) is 42.1 Å². The van der Waals surface area contributed by atoms with Gasteiger partial charge in [-0.3, -0.25) is 4.79 Å². The molecule has 0 aliphatic carbocycles. The monoisotopic (exact) mass is 254 g/mol. The largest absolute Gasteiger partial charge is 0.480 e. The van der Waals surface area contributed by atoms with E-state index in [1.165, 1.54) is 0 Å². The van der Waals surface area contributed by atoms with Crippen molar-refractivity contribution in [2.75, 3.05) is 0 Å². The number of nitrogens with zero attached hydrogens (tertiary/aromatic N) is 1. The Morgan fingerprint density at radius 1 is 1.44 bits per heavy atom. The lowest BCUT2D eigenvalue weighted by Crippen LogP contribution is -2.45. The zero-order valence-electron chi connectivity index (χ0n) is 11.0. The van der Waals surface area contributed by atoms with E-state index >= 15 is 0 Å². The number of aromatic nitrogens is 1. The van der Waals surface area contributed by atoms with Gasteiger partial charge in [0, 0.05) is 5.56 Å². The molecule has 1 aromatic heterocycles. The lowest BCUT2D eigenvalue weighted by Gasteiger charge is -2.19. The Morgan fingerprint density at radius 3 is 2.44 bits per heavy atom. The van der Waals surface area contributed by atoms with Crippen molar-refractivity contribution in [2.45, 2.75) is 40.2 Å². The molecule has 1 amide bonds. The Labute approximate surface area is 105 Å². The average Bonchev–Trinajstić information content (AvgIpc) is 2.65. The smallest absolute Gasteiger partial charge is 0.326 e. The highest BCUT2D eigenvalue weighted by molar-refractivity contribution is 5.96. The van der Waals surface area contributed by atoms with E-state index in [2.05, 4.69) is 10.5 Å². The Hall–Kier alpha value is -1.85. The Kier molecular flexibility index (Phi) is 4.47. The molecule has 0 fully saturated rings. The van der Waals surface area contributed by atoms with Crippen LogP contribution in [-0.4, -0.2) is 28.2 Å². The minimum Gasteiger partial charge on any atom is -0.480 e. The fraction of sp³-hybridized carbons (Fsp3) is 0.583. The van der Waals surface area contributed by atoms with Gasteiger partial charge in [0.1, 0.15) is 11.8 Å². The summed E-state index contributed by atoms with van der Waals surface area (Å²) in [7, 11) is 0. The van der Waals surface area contributed by atoms with Crippen LogP contribution in [-0.2, 0) is 4.79 Å². The van der Waals surface area contributed by atoms with Gasteiger partial charge in [0.2, 0.25) is 0 Å². The zero-order valence-corrected chi connectivity index (χ0v) is 11.0. The van der Waals surface area contributed by atoms with E-state index < -0.39 is 17.9 Å². The summed E-state index contributed by atoms with van der Waals surface area (Å²) in [5, 5.41) is 15.2. The summed E-state index contributed by atoms with van der Waals surface area (Å²) in [5.41, 5.74) is 0.767. The van der Waals surface area contributed by atoms with Gasteiger partial charge >= 0.3 is 5.97 Å². The van der Waals surface area contributed by atoms with Crippen LogP contribution in [0.5, 0.6) is 0 Å². The third-order valence-electron chi connectivity index (χ3n) is 3.14. The van der Waals surface area contributed by atoms with Crippen LogP contribution in [0.15, 0.2) is 4.52 Å². The summed E-state index contributed by atoms with van der Waals surface area (Å²) >= 11 is 0. The van der Waals surface area contributed by atoms with Gasteiger partial charge in [-0.05, 0) is 19.8 Å². The molecule has 100 valence electrons. The van der Waals surface area contributed by atoms with Gasteiger partial charge < -0.3 is 14.9 Å². The average molecular weight is 254 g/mol. The summed E-state index contributed by atoms with van der Waals surface area (Å²) in [6, 6.07) is -0.918. The third kappa shape index (κ3) is 2.88. The third-order valence-corrected chi connectivity index (χ3v) is 3.14. The molecule has 1 aromatic rings. The number of aryl methyl sites for hydroxylation is 1. The molecule has 2 atom stereocenters. The molecule has 6 heteroatoms. The minimum atomic E-state index is -1.05. The first-order valence-corrected chi connectivity index (χ1v) is 5.85. The van der Waals surface area contributed by atoms with Crippen molar-refractivity contribution in [1.82, 2.24) is 10.5 Å². The van der Waals surface area contributed by atoms with Gasteiger partial charge in [-0.15, -0.1) is 0 Å². The second kappa shape index (κ2) is 5.66. The van der Waals surface area contributed by atoms with E-state index in [-0.39, 0.29) is 11.6 Å². The molecule has 0 aromatic carbocycles. The predicted octanol–water partition coefficient (Wildman–Crippen LogP) is 1.52. The lowest BCUT2D eigenvalue weighted by atomic mass is 9.99. The maximum absolute atomic E-state index is 11.9. The van der Waals surface area contributed by atoms with E-state index in [1.54, 1.807) is 20.8 Å². The van der Waals surface area contributed by atoms with Crippen molar-refractivity contribution >= 4 is 11.9 Å². The normalized spacial score (nSPS) is 14.0. The molecule has 0 spiro atoms. The van der Waals surface area contributed by atoms with Gasteiger partial charge in [-0.25, -0.2) is 4.79 Å². The van der Waals surface area contributed by atoms with Crippen molar-refractivity contribution < 1.29 is 19.2 Å². The number of nitrogens with one attached hydrogen (secondary N) is 1. The second-order valence-electron chi connectivity index (χ2n) is 4.39. The van der Waals surface area contributed by atoms with Crippen molar-refractivity contribution in [3.05, 3.63) is 17.0 Å². The molecule has 0 bridgehead atoms. The molecule has 0 aliphatic heterocycles. The first-order valence-electron chi connectivity index (χ1n) is 5.85. The molecular formula is C12H18N2O4. The minimum absolute atomic E-state index is 0.141. The van der Waals surface area contributed by atoms with Gasteiger partial charge in [0.05, 0.1) is 0 Å². The SMILES string of the molecule is CC[C@H](C)[C@H](NC(=O)c1noc(C)c1C)C(=O)O. The fourth-order valence-electron chi connectivity index (χ4n) is 1.52. The number of carbonyl (C=O) groups is 2. The highest BCUT2D eigenvalue weighted by atomic mass is 16.5. The van der Waals surface area contributed by atoms with Crippen LogP contribution < -0.4 is 5.32 Å². The van der Waals surface area contributed by atoms with Gasteiger partial charge in [-0.1, -0.05) is 25.4 Å². The summed E-state index contributed by atoms with van der Waals surface area (Å²) in [5.74, 6) is -1.16. The number of carboxylic acids is 1. The molecule has 1 rings (SSSR count). The molecule has 0 unspecified atom stereocenters. The number of aliphatic carboxylic acids is 1. The van der Waals surface area contributed by atoms with Crippen LogP contribution >= 0.6 is 0 Å². The van der Waals surface area contributed by atoms with Crippen LogP contribution in [0.2, 0.25) is 0 Å². The van der Waals surface area contributed by atoms with E-state index in [9.17, 15) is 9.59 Å². The molecule has 0 aliphatic rings. The summed E-state index contributed by atoms with van der Waals surface area (Å²) in [4.78, 5) is 23.0. The van der Waals surface area contributed by atoms with E-state index in [0.717, 1.165) is 0 Å². The lowest BCUT2D eigenvalue weighted by molar-refractivity contribution is -0.140. The summed E-state index contributed by atoms with van der Waals surface area (Å²) in [6.07, 6.45) is 0.661. The van der Waals surface area contributed by atoms with Crippen LogP contribution in [0.25, 0.3) is 0 Å². The number of amides is 1. The maximum atomic E-state index is 11.9. The number of hydrogen-bond acceptors (Lipinski definition) is 4. The van der Waals surface area contributed by atoms with Crippen molar-refractivity contribution in [3.8, 4) is 0 Å². The van der Waals surface area contributed by atoms with E-state index in [1.807, 2.05) is 6.92 Å². The molecule has 0 radical (unpaired) electrons. The topological polar surface area (TPSA) is 92.4 Å². The molecule has 6 nitrogen and oxygen atoms in total. The highest BCUT2D eigenvalue weighted by Gasteiger charge is 2.27. The van der Waals surface area contributed by atoms with Crippen molar-refractivity contribution in [1.29, 1.82) is 0 Å². The Balaban J connectivity index is 2.85. The van der Waals surface area contributed by atoms with Crippen LogP contribution in [0.4, 0.5) is 0 Å². The number of hydrogen-bond donors (Lipinski definition) is 2. The van der Waals surface area contributed by atoms with Gasteiger partial charge in [0.25, 0.3) is 5.91 Å². The van der Waals surface area contributed by atoms with Crippen LogP contribution in [0.3, 0.4) is 0 Å². The standard InChI is InChI=1S/C12H18N2O4/c1-5-6(2)9(12(16)17)13-11(15)10-7(3)8(4)18-14-10/h6,9H,5H2,1-4H3,(H,13,15)(H,16,17)/t6-,9-/m0/s1. The first kappa shape index (κ1) is 14.2. The predicted molar refractivity (Wildman–Crippen MR) is 64.3 cm³/mol. The highest BCUT2D eigenvalue weighted by Crippen LogP contribution is 2.13. The molecule has 18 heavy (non-hydrogen) atoms. The number of carbonyl (C=O) groups excluding carboxylic acids is 1. The molecular weight excluding hydrogens is 236 g/mol. The fourth-order valence-corrected chi connectivity index (χ4v) is 1.52. The van der Waals surface area contributed by atoms with Crippen molar-refractivity contribution in [2.24, 2.45) is 5.92 Å². The van der Waals surface area contributed by atoms with E-state index in [0.29, 0.717) is 17.7 Å². The second-order valence-corrected chi connectivity index (χ2v) is 4.39. The van der Waals surface area contributed by atoms with Crippen molar-refractivity contribution in [3.63, 3.8) is 0 Å². The summed E-state index contributed by atoms with van der Waals surface area (Å²) in [6.45, 7) is 7.06. The molecule has 2 N–H and O–H groups in total. The quantitative estimate of drug-likeness (QED) is 0.831. The Morgan fingerprint density at radius 2 is 2.06 bits per heavy atom.